The van der Waals surface area contributed by atoms with E-state index in [2.05, 4.69) is 10.2 Å². The molecule has 1 aliphatic heterocycles. The Bertz CT molecular complexity index is 569. The number of amides is 1. The lowest BCUT2D eigenvalue weighted by Gasteiger charge is -2.15. The molecule has 2 fully saturated rings. The summed E-state index contributed by atoms with van der Waals surface area (Å²) >= 11 is 5.91. The van der Waals surface area contributed by atoms with E-state index >= 15 is 0 Å². The minimum Gasteiger partial charge on any atom is -0.481 e. The van der Waals surface area contributed by atoms with Gasteiger partial charge in [0.25, 0.3) is 5.91 Å². The number of carboxylic acid groups (broad SMARTS) is 1. The predicted octanol–water partition coefficient (Wildman–Crippen LogP) is 0.828. The van der Waals surface area contributed by atoms with Crippen LogP contribution in [0, 0.1) is 17.8 Å². The minimum absolute atomic E-state index is 0.0375. The van der Waals surface area contributed by atoms with Crippen LogP contribution in [-0.4, -0.2) is 45.2 Å². The smallest absolute Gasteiger partial charge is 0.308 e. The second-order valence-corrected chi connectivity index (χ2v) is 5.83. The number of aromatic amines is 1. The number of nitrogen functional groups attached to an aromatic ring is 1. The van der Waals surface area contributed by atoms with Crippen LogP contribution in [-0.2, 0) is 4.79 Å². The number of aliphatic carboxylic acids is 1. The van der Waals surface area contributed by atoms with Crippen molar-refractivity contribution >= 4 is 29.3 Å². The molecule has 1 aromatic rings. The number of halogens is 1. The van der Waals surface area contributed by atoms with E-state index in [1.165, 1.54) is 4.90 Å². The van der Waals surface area contributed by atoms with Crippen LogP contribution in [0.25, 0.3) is 0 Å². The lowest BCUT2D eigenvalue weighted by Crippen LogP contribution is -2.30. The van der Waals surface area contributed by atoms with Gasteiger partial charge in [-0.15, -0.1) is 0 Å². The maximum Gasteiger partial charge on any atom is 0.308 e. The zero-order valence-electron chi connectivity index (χ0n) is 10.7. The molecular weight excluding hydrogens is 284 g/mol. The van der Waals surface area contributed by atoms with Crippen LogP contribution in [0.3, 0.4) is 0 Å². The molecule has 1 saturated carbocycles. The number of carboxylic acids is 1. The standard InChI is InChI=1S/C12H15ClN4O3/c13-8-9(15-16-10(8)14)11(18)17-3-6(5-1-2-5)7(4-17)12(19)20/h5-7H,1-4H2,(H,19,20)(H3,14,15,16)/t6-,7+/m0/s1. The first-order chi connectivity index (χ1) is 9.49. The van der Waals surface area contributed by atoms with Gasteiger partial charge in [-0.25, -0.2) is 0 Å². The molecule has 1 aliphatic carbocycles. The molecule has 4 N–H and O–H groups in total. The molecule has 1 aromatic heterocycles. The van der Waals surface area contributed by atoms with Crippen molar-refractivity contribution in [1.82, 2.24) is 15.1 Å². The van der Waals surface area contributed by atoms with Crippen molar-refractivity contribution in [3.05, 3.63) is 10.7 Å². The maximum atomic E-state index is 12.4. The Balaban J connectivity index is 1.79. The number of hydrogen-bond acceptors (Lipinski definition) is 4. The van der Waals surface area contributed by atoms with Crippen LogP contribution < -0.4 is 5.73 Å². The Labute approximate surface area is 120 Å². The summed E-state index contributed by atoms with van der Waals surface area (Å²) in [6.07, 6.45) is 2.10. The monoisotopic (exact) mass is 298 g/mol. The molecule has 0 spiro atoms. The van der Waals surface area contributed by atoms with E-state index in [0.717, 1.165) is 12.8 Å². The van der Waals surface area contributed by atoms with Crippen molar-refractivity contribution in [3.8, 4) is 0 Å². The molecule has 2 atom stereocenters. The number of H-pyrrole nitrogens is 1. The first kappa shape index (κ1) is 13.2. The summed E-state index contributed by atoms with van der Waals surface area (Å²) in [5, 5.41) is 15.6. The Morgan fingerprint density at radius 1 is 1.40 bits per heavy atom. The third kappa shape index (κ3) is 2.11. The number of nitrogens with one attached hydrogen (secondary N) is 1. The molecule has 1 amide bonds. The van der Waals surface area contributed by atoms with Crippen LogP contribution in [0.4, 0.5) is 5.82 Å². The summed E-state index contributed by atoms with van der Waals surface area (Å²) in [5.74, 6) is -1.14. The Hall–Kier alpha value is -1.76. The molecular formula is C12H15ClN4O3. The quantitative estimate of drug-likeness (QED) is 0.765. The van der Waals surface area contributed by atoms with E-state index in [9.17, 15) is 14.7 Å². The van der Waals surface area contributed by atoms with Gasteiger partial charge in [-0.3, -0.25) is 14.7 Å². The van der Waals surface area contributed by atoms with Crippen molar-refractivity contribution in [2.75, 3.05) is 18.8 Å². The van der Waals surface area contributed by atoms with Gasteiger partial charge >= 0.3 is 5.97 Å². The summed E-state index contributed by atoms with van der Waals surface area (Å²) in [5.41, 5.74) is 5.63. The highest BCUT2D eigenvalue weighted by molar-refractivity contribution is 6.35. The molecule has 7 nitrogen and oxygen atoms in total. The van der Waals surface area contributed by atoms with Gasteiger partial charge in [-0.05, 0) is 24.7 Å². The van der Waals surface area contributed by atoms with Crippen molar-refractivity contribution in [2.24, 2.45) is 17.8 Å². The number of anilines is 1. The second-order valence-electron chi connectivity index (χ2n) is 5.45. The molecule has 0 bridgehead atoms. The van der Waals surface area contributed by atoms with Crippen LogP contribution in [0.1, 0.15) is 23.3 Å². The van der Waals surface area contributed by atoms with E-state index in [4.69, 9.17) is 17.3 Å². The highest BCUT2D eigenvalue weighted by Crippen LogP contribution is 2.44. The molecule has 2 heterocycles. The molecule has 3 rings (SSSR count). The number of nitrogens with two attached hydrogens (primary N) is 1. The summed E-state index contributed by atoms with van der Waals surface area (Å²) in [4.78, 5) is 25.2. The fourth-order valence-corrected chi connectivity index (χ4v) is 3.07. The topological polar surface area (TPSA) is 112 Å². The average molecular weight is 299 g/mol. The van der Waals surface area contributed by atoms with Crippen molar-refractivity contribution in [1.29, 1.82) is 0 Å². The average Bonchev–Trinajstić information content (AvgIpc) is 3.07. The van der Waals surface area contributed by atoms with Gasteiger partial charge in [0, 0.05) is 13.1 Å². The highest BCUT2D eigenvalue weighted by atomic mass is 35.5. The van der Waals surface area contributed by atoms with Gasteiger partial charge < -0.3 is 15.7 Å². The fraction of sp³-hybridized carbons (Fsp3) is 0.583. The van der Waals surface area contributed by atoms with Crippen LogP contribution in [0.15, 0.2) is 0 Å². The van der Waals surface area contributed by atoms with Gasteiger partial charge in [-0.2, -0.15) is 5.10 Å². The zero-order chi connectivity index (χ0) is 14.4. The lowest BCUT2D eigenvalue weighted by molar-refractivity contribution is -0.142. The Kier molecular flexibility index (Phi) is 3.08. The van der Waals surface area contributed by atoms with E-state index in [0.29, 0.717) is 12.5 Å². The van der Waals surface area contributed by atoms with E-state index in [-0.39, 0.29) is 34.9 Å². The van der Waals surface area contributed by atoms with Gasteiger partial charge in [0.15, 0.2) is 5.82 Å². The predicted molar refractivity (Wildman–Crippen MR) is 71.3 cm³/mol. The Morgan fingerprint density at radius 3 is 2.60 bits per heavy atom. The van der Waals surface area contributed by atoms with Gasteiger partial charge in [0.05, 0.1) is 5.92 Å². The number of carbonyl (C=O) groups excluding carboxylic acids is 1. The largest absolute Gasteiger partial charge is 0.481 e. The van der Waals surface area contributed by atoms with E-state index < -0.39 is 11.9 Å². The summed E-state index contributed by atoms with van der Waals surface area (Å²) in [6, 6.07) is 0. The SMILES string of the molecule is Nc1n[nH]c(C(=O)N2C[C@@H](C(=O)O)[C@H](C3CC3)C2)c1Cl. The lowest BCUT2D eigenvalue weighted by atomic mass is 9.92. The normalized spacial score (nSPS) is 25.9. The van der Waals surface area contributed by atoms with E-state index in [1.54, 1.807) is 0 Å². The number of likely N-dealkylation sites (tertiary alicyclic amines) is 1. The maximum absolute atomic E-state index is 12.4. The fourth-order valence-electron chi connectivity index (χ4n) is 2.90. The van der Waals surface area contributed by atoms with Crippen molar-refractivity contribution in [3.63, 3.8) is 0 Å². The first-order valence-corrected chi connectivity index (χ1v) is 6.88. The van der Waals surface area contributed by atoms with Crippen LogP contribution in [0.5, 0.6) is 0 Å². The summed E-state index contributed by atoms with van der Waals surface area (Å²) < 4.78 is 0. The van der Waals surface area contributed by atoms with E-state index in [1.807, 2.05) is 0 Å². The second kappa shape index (κ2) is 4.66. The molecule has 0 aromatic carbocycles. The zero-order valence-corrected chi connectivity index (χ0v) is 11.4. The number of nitrogens with zero attached hydrogens (tertiary/aromatic N) is 2. The van der Waals surface area contributed by atoms with Crippen molar-refractivity contribution < 1.29 is 14.7 Å². The minimum atomic E-state index is -0.840. The third-order valence-corrected chi connectivity index (χ3v) is 4.53. The molecule has 0 unspecified atom stereocenters. The molecule has 0 radical (unpaired) electrons. The highest BCUT2D eigenvalue weighted by Gasteiger charge is 2.47. The van der Waals surface area contributed by atoms with Crippen LogP contribution >= 0.6 is 11.6 Å². The Morgan fingerprint density at radius 2 is 2.10 bits per heavy atom. The molecule has 108 valence electrons. The van der Waals surface area contributed by atoms with Gasteiger partial charge in [0.1, 0.15) is 10.7 Å². The third-order valence-electron chi connectivity index (χ3n) is 4.14. The van der Waals surface area contributed by atoms with Crippen molar-refractivity contribution in [2.45, 2.75) is 12.8 Å². The molecule has 8 heteroatoms. The first-order valence-electron chi connectivity index (χ1n) is 6.50. The van der Waals surface area contributed by atoms with Gasteiger partial charge in [0.2, 0.25) is 0 Å². The molecule has 20 heavy (non-hydrogen) atoms. The summed E-state index contributed by atoms with van der Waals surface area (Å²) in [7, 11) is 0. The van der Waals surface area contributed by atoms with Crippen LogP contribution in [0.2, 0.25) is 5.02 Å². The van der Waals surface area contributed by atoms with Gasteiger partial charge in [-0.1, -0.05) is 11.6 Å². The number of hydrogen-bond donors (Lipinski definition) is 3. The number of aromatic nitrogens is 2. The number of carbonyl (C=O) groups is 2. The number of rotatable bonds is 3. The molecule has 1 saturated heterocycles. The summed E-state index contributed by atoms with van der Waals surface area (Å²) in [6.45, 7) is 0.667. The molecule has 2 aliphatic rings.